The summed E-state index contributed by atoms with van der Waals surface area (Å²) in [6, 6.07) is 17.8. The number of nitro groups is 1. The van der Waals surface area contributed by atoms with Crippen LogP contribution in [0.3, 0.4) is 0 Å². The number of nitrogens with zero attached hydrogens (tertiary/aromatic N) is 2. The number of pyridine rings is 1. The van der Waals surface area contributed by atoms with Crippen LogP contribution in [-0.4, -0.2) is 29.2 Å². The molecule has 32 heavy (non-hydrogen) atoms. The first kappa shape index (κ1) is 21.1. The van der Waals surface area contributed by atoms with Crippen LogP contribution in [-0.2, 0) is 4.74 Å². The normalized spacial score (nSPS) is 11.7. The van der Waals surface area contributed by atoms with Crippen LogP contribution in [0.15, 0.2) is 60.8 Å². The minimum absolute atomic E-state index is 0.0177. The molecule has 1 N–H and O–H groups in total. The summed E-state index contributed by atoms with van der Waals surface area (Å²) in [5.41, 5.74) is 5.75. The predicted molar refractivity (Wildman–Crippen MR) is 120 cm³/mol. The number of benzene rings is 2. The maximum Gasteiger partial charge on any atom is 0.407 e. The van der Waals surface area contributed by atoms with Crippen LogP contribution in [0.5, 0.6) is 0 Å². The van der Waals surface area contributed by atoms with E-state index in [9.17, 15) is 14.9 Å². The number of carbonyl (C=O) groups is 1. The van der Waals surface area contributed by atoms with Gasteiger partial charge >= 0.3 is 6.09 Å². The summed E-state index contributed by atoms with van der Waals surface area (Å²) in [7, 11) is 0. The monoisotopic (exact) mass is 427 g/mol. The van der Waals surface area contributed by atoms with Gasteiger partial charge in [0.25, 0.3) is 5.69 Å². The number of amides is 1. The minimum Gasteiger partial charge on any atom is -0.449 e. The number of aromatic nitrogens is 1. The zero-order valence-corrected chi connectivity index (χ0v) is 17.5. The van der Waals surface area contributed by atoms with Crippen molar-refractivity contribution in [2.24, 2.45) is 0 Å². The van der Waals surface area contributed by atoms with Gasteiger partial charge in [-0.05, 0) is 40.7 Å². The Hall–Kier alpha value is -4.18. The molecule has 1 aliphatic rings. The fraction of sp³-hybridized carbons (Fsp3) is 0.200. The molecule has 1 aromatic heterocycles. The number of ether oxygens (including phenoxy) is 1. The van der Waals surface area contributed by atoms with E-state index in [0.29, 0.717) is 24.2 Å². The second-order valence-electron chi connectivity index (χ2n) is 7.42. The Bertz CT molecular complexity index is 1200. The number of hydrogen-bond donors (Lipinski definition) is 1. The van der Waals surface area contributed by atoms with Crippen molar-refractivity contribution in [2.45, 2.75) is 19.3 Å². The lowest BCUT2D eigenvalue weighted by atomic mass is 9.98. The molecular weight excluding hydrogens is 406 g/mol. The van der Waals surface area contributed by atoms with E-state index in [1.165, 1.54) is 34.5 Å². The van der Waals surface area contributed by atoms with Crippen molar-refractivity contribution in [1.29, 1.82) is 0 Å². The first-order valence-corrected chi connectivity index (χ1v) is 10.2. The second kappa shape index (κ2) is 9.31. The Labute approximate surface area is 185 Å². The van der Waals surface area contributed by atoms with Gasteiger partial charge in [0.2, 0.25) is 0 Å². The van der Waals surface area contributed by atoms with Gasteiger partial charge in [-0.15, -0.1) is 0 Å². The molecule has 0 spiro atoms. The first-order chi connectivity index (χ1) is 15.5. The number of alkyl carbamates (subject to hydrolysis) is 1. The fourth-order valence-electron chi connectivity index (χ4n) is 3.81. The van der Waals surface area contributed by atoms with Gasteiger partial charge in [0, 0.05) is 24.9 Å². The van der Waals surface area contributed by atoms with Crippen molar-refractivity contribution in [3.05, 3.63) is 93.3 Å². The quantitative estimate of drug-likeness (QED) is 0.278. The zero-order valence-electron chi connectivity index (χ0n) is 17.5. The molecule has 0 bridgehead atoms. The lowest BCUT2D eigenvalue weighted by molar-refractivity contribution is -0.385. The Morgan fingerprint density at radius 1 is 1.16 bits per heavy atom. The molecule has 3 aromatic rings. The van der Waals surface area contributed by atoms with Gasteiger partial charge < -0.3 is 10.1 Å². The van der Waals surface area contributed by atoms with E-state index >= 15 is 0 Å². The van der Waals surface area contributed by atoms with Gasteiger partial charge in [-0.25, -0.2) is 9.78 Å². The van der Waals surface area contributed by atoms with Gasteiger partial charge in [-0.3, -0.25) is 10.1 Å². The highest BCUT2D eigenvalue weighted by molar-refractivity contribution is 5.79. The van der Waals surface area contributed by atoms with E-state index in [-0.39, 0.29) is 18.2 Å². The van der Waals surface area contributed by atoms with E-state index in [0.717, 1.165) is 0 Å². The topological polar surface area (TPSA) is 94.4 Å². The van der Waals surface area contributed by atoms with Crippen molar-refractivity contribution in [1.82, 2.24) is 10.3 Å². The smallest absolute Gasteiger partial charge is 0.407 e. The summed E-state index contributed by atoms with van der Waals surface area (Å²) < 4.78 is 5.48. The fourth-order valence-corrected chi connectivity index (χ4v) is 3.81. The standard InChI is InChI=1S/C25H21N3O4/c1-17-14-18(28(30)31)15-27-24(17)12-6-7-13-26-25(29)32-16-23-21-10-4-2-8-19(21)20-9-3-5-11-22(20)23/h2-5,8-11,14-15,23H,7,13,16H2,1H3,(H,26,29). The van der Waals surface area contributed by atoms with Crippen LogP contribution in [0.1, 0.15) is 34.7 Å². The molecule has 0 radical (unpaired) electrons. The third-order valence-electron chi connectivity index (χ3n) is 5.34. The summed E-state index contributed by atoms with van der Waals surface area (Å²) >= 11 is 0. The van der Waals surface area contributed by atoms with Crippen molar-refractivity contribution < 1.29 is 14.5 Å². The SMILES string of the molecule is Cc1cc([N+](=O)[O-])cnc1C#CCCNC(=O)OCC1c2ccccc2-c2ccccc21. The van der Waals surface area contributed by atoms with Crippen LogP contribution in [0.4, 0.5) is 10.5 Å². The predicted octanol–water partition coefficient (Wildman–Crippen LogP) is 4.58. The molecule has 1 amide bonds. The van der Waals surface area contributed by atoms with Crippen LogP contribution in [0.2, 0.25) is 0 Å². The van der Waals surface area contributed by atoms with Gasteiger partial charge in [0.1, 0.15) is 18.5 Å². The van der Waals surface area contributed by atoms with Crippen LogP contribution in [0.25, 0.3) is 11.1 Å². The maximum atomic E-state index is 12.2. The average molecular weight is 427 g/mol. The number of fused-ring (bicyclic) bond motifs is 3. The highest BCUT2D eigenvalue weighted by atomic mass is 16.6. The molecule has 0 saturated carbocycles. The number of rotatable bonds is 5. The summed E-state index contributed by atoms with van der Waals surface area (Å²) in [6.07, 6.45) is 1.10. The summed E-state index contributed by atoms with van der Waals surface area (Å²) in [4.78, 5) is 26.4. The van der Waals surface area contributed by atoms with E-state index in [1.54, 1.807) is 6.92 Å². The summed E-state index contributed by atoms with van der Waals surface area (Å²) in [6.45, 7) is 2.31. The van der Waals surface area contributed by atoms with Crippen molar-refractivity contribution in [3.8, 4) is 23.0 Å². The molecular formula is C25H21N3O4. The van der Waals surface area contributed by atoms with E-state index in [4.69, 9.17) is 4.74 Å². The van der Waals surface area contributed by atoms with Gasteiger partial charge in [0.05, 0.1) is 4.92 Å². The Balaban J connectivity index is 1.28. The molecule has 160 valence electrons. The van der Waals surface area contributed by atoms with Gasteiger partial charge in [-0.1, -0.05) is 54.5 Å². The van der Waals surface area contributed by atoms with E-state index in [1.807, 2.05) is 24.3 Å². The number of nitrogens with one attached hydrogen (secondary N) is 1. The molecule has 0 aliphatic heterocycles. The number of aryl methyl sites for hydroxylation is 1. The molecule has 0 fully saturated rings. The highest BCUT2D eigenvalue weighted by Crippen LogP contribution is 2.44. The van der Waals surface area contributed by atoms with Crippen molar-refractivity contribution >= 4 is 11.8 Å². The number of hydrogen-bond acceptors (Lipinski definition) is 5. The van der Waals surface area contributed by atoms with Gasteiger partial charge in [0.15, 0.2) is 0 Å². The lowest BCUT2D eigenvalue weighted by Crippen LogP contribution is -2.26. The van der Waals surface area contributed by atoms with Crippen molar-refractivity contribution in [2.75, 3.05) is 13.2 Å². The molecule has 7 heteroatoms. The third-order valence-corrected chi connectivity index (χ3v) is 5.34. The Morgan fingerprint density at radius 2 is 1.81 bits per heavy atom. The molecule has 4 rings (SSSR count). The molecule has 2 aromatic carbocycles. The highest BCUT2D eigenvalue weighted by Gasteiger charge is 2.28. The molecule has 1 aliphatic carbocycles. The minimum atomic E-state index is -0.491. The molecule has 0 unspecified atom stereocenters. The van der Waals surface area contributed by atoms with Crippen molar-refractivity contribution in [3.63, 3.8) is 0 Å². The molecule has 1 heterocycles. The largest absolute Gasteiger partial charge is 0.449 e. The lowest BCUT2D eigenvalue weighted by Gasteiger charge is -2.14. The van der Waals surface area contributed by atoms with Gasteiger partial charge in [-0.2, -0.15) is 0 Å². The second-order valence-corrected chi connectivity index (χ2v) is 7.42. The Morgan fingerprint density at radius 3 is 2.44 bits per heavy atom. The Kier molecular flexibility index (Phi) is 6.13. The van der Waals surface area contributed by atoms with Crippen LogP contribution >= 0.6 is 0 Å². The number of carbonyl (C=O) groups excluding carboxylic acids is 1. The third kappa shape index (κ3) is 4.44. The average Bonchev–Trinajstić information content (AvgIpc) is 3.12. The molecule has 0 atom stereocenters. The summed E-state index contributed by atoms with van der Waals surface area (Å²) in [5.74, 6) is 5.81. The van der Waals surface area contributed by atoms with Crippen LogP contribution < -0.4 is 5.32 Å². The molecule has 7 nitrogen and oxygen atoms in total. The zero-order chi connectivity index (χ0) is 22.5. The van der Waals surface area contributed by atoms with E-state index in [2.05, 4.69) is 46.4 Å². The maximum absolute atomic E-state index is 12.2. The van der Waals surface area contributed by atoms with Crippen LogP contribution in [0, 0.1) is 28.9 Å². The first-order valence-electron chi connectivity index (χ1n) is 10.2. The summed E-state index contributed by atoms with van der Waals surface area (Å²) in [5, 5.41) is 13.5. The molecule has 0 saturated heterocycles. The van der Waals surface area contributed by atoms with E-state index < -0.39 is 11.0 Å².